The summed E-state index contributed by atoms with van der Waals surface area (Å²) < 4.78 is 15.2. The van der Waals surface area contributed by atoms with Crippen LogP contribution in [0.25, 0.3) is 22.5 Å². The number of carbonyl (C=O) groups excluding carboxylic acids is 2. The molecule has 8 nitrogen and oxygen atoms in total. The van der Waals surface area contributed by atoms with Crippen LogP contribution < -0.4 is 20.9 Å². The predicted octanol–water partition coefficient (Wildman–Crippen LogP) is 5.14. The van der Waals surface area contributed by atoms with Gasteiger partial charge in [-0.1, -0.05) is 12.1 Å². The van der Waals surface area contributed by atoms with E-state index in [0.717, 1.165) is 11.4 Å². The normalized spacial score (nSPS) is 12.2. The number of nitrogens with one attached hydrogen (secondary N) is 4. The molecule has 0 radical (unpaired) electrons. The number of urea groups is 1. The summed E-state index contributed by atoms with van der Waals surface area (Å²) in [5.41, 5.74) is 5.58. The number of carbonyl (C=O) groups is 2. The molecule has 5 rings (SSSR count). The lowest BCUT2D eigenvalue weighted by molar-refractivity contribution is 0.0966. The number of rotatable bonds is 5. The standard InChI is InChI=1S/C27H25FN6O2/c1-15-13-29-25(31-15)21-10-9-19(22-14-30-26(35)24(21)22)20-8-7-17(12-23(20)28)33-27(36)32-16-5-4-6-18(11-16)34(2)3/h4-13H,14H2,1-3H3,(H,29,31)(H,30,35)(H2,32,33,36). The fourth-order valence-corrected chi connectivity index (χ4v) is 4.31. The molecule has 1 aliphatic rings. The number of imidazole rings is 1. The number of aromatic nitrogens is 2. The largest absolute Gasteiger partial charge is 0.378 e. The van der Waals surface area contributed by atoms with Gasteiger partial charge in [0, 0.05) is 60.7 Å². The van der Waals surface area contributed by atoms with Gasteiger partial charge in [-0.2, -0.15) is 0 Å². The van der Waals surface area contributed by atoms with Crippen LogP contribution in [0.2, 0.25) is 0 Å². The van der Waals surface area contributed by atoms with Gasteiger partial charge in [0.15, 0.2) is 0 Å². The summed E-state index contributed by atoms with van der Waals surface area (Å²) >= 11 is 0. The Labute approximate surface area is 207 Å². The highest BCUT2D eigenvalue weighted by Crippen LogP contribution is 2.36. The first-order chi connectivity index (χ1) is 17.3. The van der Waals surface area contributed by atoms with Crippen molar-refractivity contribution in [3.63, 3.8) is 0 Å². The molecule has 2 heterocycles. The molecule has 0 fully saturated rings. The monoisotopic (exact) mass is 484 g/mol. The second kappa shape index (κ2) is 9.18. The van der Waals surface area contributed by atoms with Crippen LogP contribution in [0.5, 0.6) is 0 Å². The van der Waals surface area contributed by atoms with Gasteiger partial charge in [-0.15, -0.1) is 0 Å². The van der Waals surface area contributed by atoms with Crippen molar-refractivity contribution >= 4 is 29.0 Å². The highest BCUT2D eigenvalue weighted by molar-refractivity contribution is 6.06. The summed E-state index contributed by atoms with van der Waals surface area (Å²) in [7, 11) is 3.83. The van der Waals surface area contributed by atoms with Crippen molar-refractivity contribution < 1.29 is 14.0 Å². The molecule has 3 aromatic carbocycles. The van der Waals surface area contributed by atoms with Crippen LogP contribution >= 0.6 is 0 Å². The Morgan fingerprint density at radius 3 is 2.42 bits per heavy atom. The number of H-pyrrole nitrogens is 1. The zero-order chi connectivity index (χ0) is 25.4. The number of benzene rings is 3. The maximum atomic E-state index is 15.2. The molecule has 0 saturated heterocycles. The smallest absolute Gasteiger partial charge is 0.323 e. The third kappa shape index (κ3) is 4.38. The predicted molar refractivity (Wildman–Crippen MR) is 139 cm³/mol. The van der Waals surface area contributed by atoms with Crippen molar-refractivity contribution in [1.82, 2.24) is 15.3 Å². The number of aromatic amines is 1. The van der Waals surface area contributed by atoms with Crippen LogP contribution in [0.15, 0.2) is 60.8 Å². The van der Waals surface area contributed by atoms with Crippen LogP contribution in [0.3, 0.4) is 0 Å². The van der Waals surface area contributed by atoms with Crippen LogP contribution in [0.4, 0.5) is 26.2 Å². The van der Waals surface area contributed by atoms with Crippen molar-refractivity contribution in [2.45, 2.75) is 13.5 Å². The average molecular weight is 485 g/mol. The van der Waals surface area contributed by atoms with Crippen molar-refractivity contribution in [2.24, 2.45) is 0 Å². The number of nitrogens with zero attached hydrogens (tertiary/aromatic N) is 2. The molecular weight excluding hydrogens is 459 g/mol. The van der Waals surface area contributed by atoms with Gasteiger partial charge >= 0.3 is 6.03 Å². The van der Waals surface area contributed by atoms with E-state index in [4.69, 9.17) is 0 Å². The summed E-state index contributed by atoms with van der Waals surface area (Å²) in [6.45, 7) is 2.18. The third-order valence-electron chi connectivity index (χ3n) is 6.06. The Hall–Kier alpha value is -4.66. The second-order valence-electron chi connectivity index (χ2n) is 8.83. The highest BCUT2D eigenvalue weighted by Gasteiger charge is 2.28. The third-order valence-corrected chi connectivity index (χ3v) is 6.06. The maximum absolute atomic E-state index is 15.2. The molecule has 182 valence electrons. The van der Waals surface area contributed by atoms with Crippen LogP contribution in [-0.2, 0) is 6.54 Å². The zero-order valence-electron chi connectivity index (χ0n) is 20.1. The molecule has 3 amide bonds. The number of hydrogen-bond donors (Lipinski definition) is 4. The van der Waals surface area contributed by atoms with Gasteiger partial charge < -0.3 is 25.8 Å². The van der Waals surface area contributed by atoms with E-state index in [9.17, 15) is 9.59 Å². The van der Waals surface area contributed by atoms with Gasteiger partial charge in [-0.25, -0.2) is 14.2 Å². The van der Waals surface area contributed by atoms with E-state index < -0.39 is 11.8 Å². The Bertz CT molecular complexity index is 1490. The Kier molecular flexibility index (Phi) is 5.89. The van der Waals surface area contributed by atoms with E-state index in [1.54, 1.807) is 36.5 Å². The van der Waals surface area contributed by atoms with E-state index in [1.807, 2.05) is 44.1 Å². The molecule has 0 spiro atoms. The van der Waals surface area contributed by atoms with E-state index >= 15 is 4.39 Å². The van der Waals surface area contributed by atoms with Gasteiger partial charge in [0.05, 0.1) is 5.56 Å². The molecule has 1 aromatic heterocycles. The lowest BCUT2D eigenvalue weighted by Crippen LogP contribution is -2.19. The molecule has 4 N–H and O–H groups in total. The van der Waals surface area contributed by atoms with Gasteiger partial charge in [0.1, 0.15) is 11.6 Å². The summed E-state index contributed by atoms with van der Waals surface area (Å²) in [5.74, 6) is -0.135. The molecule has 4 aromatic rings. The SMILES string of the molecule is Cc1cnc(-c2ccc(-c3ccc(NC(=O)Nc4cccc(N(C)C)c4)cc3F)c3c2C(=O)NC3)[nH]1. The van der Waals surface area contributed by atoms with E-state index in [2.05, 4.69) is 25.9 Å². The Morgan fingerprint density at radius 2 is 1.72 bits per heavy atom. The lowest BCUT2D eigenvalue weighted by Gasteiger charge is -2.15. The summed E-state index contributed by atoms with van der Waals surface area (Å²) in [4.78, 5) is 34.5. The quantitative estimate of drug-likeness (QED) is 0.315. The second-order valence-corrected chi connectivity index (χ2v) is 8.83. The number of amides is 3. The fourth-order valence-electron chi connectivity index (χ4n) is 4.31. The highest BCUT2D eigenvalue weighted by atomic mass is 19.1. The molecule has 36 heavy (non-hydrogen) atoms. The summed E-state index contributed by atoms with van der Waals surface area (Å²) in [5, 5.41) is 8.26. The average Bonchev–Trinajstić information content (AvgIpc) is 3.45. The number of anilines is 3. The first kappa shape index (κ1) is 23.1. The molecule has 1 aliphatic heterocycles. The molecule has 0 atom stereocenters. The molecule has 0 unspecified atom stereocenters. The van der Waals surface area contributed by atoms with Gasteiger partial charge in [0.2, 0.25) is 0 Å². The first-order valence-electron chi connectivity index (χ1n) is 11.4. The van der Waals surface area contributed by atoms with Gasteiger partial charge in [-0.3, -0.25) is 4.79 Å². The van der Waals surface area contributed by atoms with Crippen molar-refractivity contribution in [1.29, 1.82) is 0 Å². The Balaban J connectivity index is 1.39. The van der Waals surface area contributed by atoms with E-state index in [-0.39, 0.29) is 5.91 Å². The first-order valence-corrected chi connectivity index (χ1v) is 11.4. The fraction of sp³-hybridized carbons (Fsp3) is 0.148. The van der Waals surface area contributed by atoms with Gasteiger partial charge in [-0.05, 0) is 60.5 Å². The maximum Gasteiger partial charge on any atom is 0.323 e. The number of fused-ring (bicyclic) bond motifs is 1. The minimum atomic E-state index is -0.509. The number of aryl methyl sites for hydroxylation is 1. The van der Waals surface area contributed by atoms with E-state index in [0.29, 0.717) is 51.6 Å². The molecule has 0 aliphatic carbocycles. The van der Waals surface area contributed by atoms with E-state index in [1.165, 1.54) is 6.07 Å². The number of hydrogen-bond acceptors (Lipinski definition) is 4. The van der Waals surface area contributed by atoms with Crippen LogP contribution in [0, 0.1) is 12.7 Å². The van der Waals surface area contributed by atoms with Crippen molar-refractivity contribution in [3.05, 3.63) is 83.4 Å². The minimum absolute atomic E-state index is 0.218. The molecular formula is C27H25FN6O2. The van der Waals surface area contributed by atoms with Crippen LogP contribution in [0.1, 0.15) is 21.6 Å². The summed E-state index contributed by atoms with van der Waals surface area (Å²) in [6, 6.07) is 15.0. The summed E-state index contributed by atoms with van der Waals surface area (Å²) in [6.07, 6.45) is 1.70. The number of halogens is 1. The van der Waals surface area contributed by atoms with Crippen molar-refractivity contribution in [3.8, 4) is 22.5 Å². The zero-order valence-corrected chi connectivity index (χ0v) is 20.1. The lowest BCUT2D eigenvalue weighted by atomic mass is 9.92. The Morgan fingerprint density at radius 1 is 1.00 bits per heavy atom. The van der Waals surface area contributed by atoms with Crippen molar-refractivity contribution in [2.75, 3.05) is 29.6 Å². The molecule has 9 heteroatoms. The van der Waals surface area contributed by atoms with Gasteiger partial charge in [0.25, 0.3) is 5.91 Å². The molecule has 0 bridgehead atoms. The minimum Gasteiger partial charge on any atom is -0.378 e. The topological polar surface area (TPSA) is 102 Å². The molecule has 0 saturated carbocycles. The van der Waals surface area contributed by atoms with Crippen LogP contribution in [-0.4, -0.2) is 36.0 Å².